The van der Waals surface area contributed by atoms with E-state index in [-0.39, 0.29) is 17.9 Å². The van der Waals surface area contributed by atoms with Crippen molar-refractivity contribution in [1.82, 2.24) is 0 Å². The SMILES string of the molecule is C=C(C)CCO/C([O-])=C1/C=CC=C/C1=N\N=[C+]C(=O)OC. The molecule has 0 N–H and O–H groups in total. The summed E-state index contributed by atoms with van der Waals surface area (Å²) >= 11 is 0. The standard InChI is InChI=1S/C15H16N2O4/c1-11(2)8-9-21-15(19)12-6-4-5-7-13(12)17-16-10-14(18)20-3/h4-7H,1,8-9H2,2-3H3. The predicted octanol–water partition coefficient (Wildman–Crippen LogP) is 1.14. The summed E-state index contributed by atoms with van der Waals surface area (Å²) in [5.41, 5.74) is 1.47. The summed E-state index contributed by atoms with van der Waals surface area (Å²) in [4.78, 5) is 10.8. The monoisotopic (exact) mass is 288 g/mol. The van der Waals surface area contributed by atoms with Gasteiger partial charge in [-0.15, -0.1) is 6.58 Å². The van der Waals surface area contributed by atoms with Crippen molar-refractivity contribution in [2.24, 2.45) is 10.2 Å². The molecule has 0 aromatic heterocycles. The van der Waals surface area contributed by atoms with Crippen molar-refractivity contribution in [3.8, 4) is 0 Å². The van der Waals surface area contributed by atoms with Crippen LogP contribution in [0, 0.1) is 0 Å². The topological polar surface area (TPSA) is 83.3 Å². The first kappa shape index (κ1) is 16.3. The Morgan fingerprint density at radius 2 is 2.14 bits per heavy atom. The van der Waals surface area contributed by atoms with Gasteiger partial charge in [-0.1, -0.05) is 28.9 Å². The summed E-state index contributed by atoms with van der Waals surface area (Å²) < 4.78 is 9.45. The summed E-state index contributed by atoms with van der Waals surface area (Å²) in [6.45, 7) is 5.84. The second kappa shape index (κ2) is 8.45. The van der Waals surface area contributed by atoms with Crippen molar-refractivity contribution in [2.75, 3.05) is 13.7 Å². The highest BCUT2D eigenvalue weighted by atomic mass is 16.6. The molecule has 0 aliphatic heterocycles. The fourth-order valence-electron chi connectivity index (χ4n) is 1.29. The largest absolute Gasteiger partial charge is 0.619 e. The van der Waals surface area contributed by atoms with Crippen LogP contribution >= 0.6 is 0 Å². The highest BCUT2D eigenvalue weighted by Gasteiger charge is 2.14. The maximum Gasteiger partial charge on any atom is 0.619 e. The van der Waals surface area contributed by atoms with Crippen molar-refractivity contribution in [1.29, 1.82) is 0 Å². The van der Waals surface area contributed by atoms with Crippen LogP contribution in [0.25, 0.3) is 0 Å². The Morgan fingerprint density at radius 1 is 1.43 bits per heavy atom. The van der Waals surface area contributed by atoms with E-state index in [1.54, 1.807) is 24.3 Å². The first-order valence-corrected chi connectivity index (χ1v) is 6.20. The lowest BCUT2D eigenvalue weighted by Crippen LogP contribution is -2.16. The van der Waals surface area contributed by atoms with Gasteiger partial charge in [-0.25, -0.2) is 0 Å². The van der Waals surface area contributed by atoms with Crippen LogP contribution in [0.1, 0.15) is 13.3 Å². The fraction of sp³-hybridized carbons (Fsp3) is 0.267. The zero-order chi connectivity index (χ0) is 15.7. The van der Waals surface area contributed by atoms with E-state index < -0.39 is 11.9 Å². The molecule has 1 rings (SSSR count). The Hall–Kier alpha value is -2.72. The highest BCUT2D eigenvalue weighted by molar-refractivity contribution is 6.23. The highest BCUT2D eigenvalue weighted by Crippen LogP contribution is 2.12. The number of esters is 1. The van der Waals surface area contributed by atoms with Crippen LogP contribution in [-0.4, -0.2) is 31.6 Å². The predicted molar refractivity (Wildman–Crippen MR) is 77.6 cm³/mol. The molecule has 0 heterocycles. The summed E-state index contributed by atoms with van der Waals surface area (Å²) in [7, 11) is 1.21. The molecule has 0 fully saturated rings. The third kappa shape index (κ3) is 5.84. The molecule has 0 spiro atoms. The number of carbonyl (C=O) groups is 1. The van der Waals surface area contributed by atoms with Crippen molar-refractivity contribution < 1.29 is 19.4 Å². The quantitative estimate of drug-likeness (QED) is 0.183. The number of hydrogen-bond donors (Lipinski definition) is 0. The van der Waals surface area contributed by atoms with E-state index in [1.807, 2.05) is 13.1 Å². The van der Waals surface area contributed by atoms with Gasteiger partial charge in [0.1, 0.15) is 5.10 Å². The van der Waals surface area contributed by atoms with E-state index in [4.69, 9.17) is 4.74 Å². The third-order valence-electron chi connectivity index (χ3n) is 2.37. The molecule has 6 heteroatoms. The first-order valence-electron chi connectivity index (χ1n) is 6.20. The molecule has 0 aromatic rings. The summed E-state index contributed by atoms with van der Waals surface area (Å²) in [6.07, 6.45) is 9.16. The summed E-state index contributed by atoms with van der Waals surface area (Å²) in [5.74, 6) is -1.26. The van der Waals surface area contributed by atoms with Crippen LogP contribution in [-0.2, 0) is 14.3 Å². The number of methoxy groups -OCH3 is 1. The molecular weight excluding hydrogens is 272 g/mol. The molecule has 0 atom stereocenters. The van der Waals surface area contributed by atoms with Gasteiger partial charge >= 0.3 is 12.2 Å². The third-order valence-corrected chi connectivity index (χ3v) is 2.37. The average molecular weight is 288 g/mol. The Morgan fingerprint density at radius 3 is 2.81 bits per heavy atom. The Balaban J connectivity index is 2.82. The normalized spacial score (nSPS) is 17.7. The average Bonchev–Trinajstić information content (AvgIpc) is 2.47. The lowest BCUT2D eigenvalue weighted by atomic mass is 10.1. The zero-order valence-electron chi connectivity index (χ0n) is 12.0. The lowest BCUT2D eigenvalue weighted by molar-refractivity contribution is -0.357. The number of nitrogens with zero attached hydrogens (tertiary/aromatic N) is 2. The molecule has 0 saturated carbocycles. The van der Waals surface area contributed by atoms with E-state index in [2.05, 4.69) is 21.5 Å². The van der Waals surface area contributed by atoms with Gasteiger partial charge in [0.2, 0.25) is 0 Å². The summed E-state index contributed by atoms with van der Waals surface area (Å²) in [6, 6.07) is 0. The molecule has 0 aromatic carbocycles. The van der Waals surface area contributed by atoms with Gasteiger partial charge in [0.25, 0.3) is 0 Å². The number of allylic oxidation sites excluding steroid dienone is 5. The van der Waals surface area contributed by atoms with Crippen molar-refractivity contribution in [3.63, 3.8) is 0 Å². The van der Waals surface area contributed by atoms with Crippen LogP contribution < -0.4 is 5.11 Å². The Bertz CT molecular complexity index is 554. The van der Waals surface area contributed by atoms with Gasteiger partial charge in [-0.2, -0.15) is 4.79 Å². The molecule has 0 unspecified atom stereocenters. The van der Waals surface area contributed by atoms with Gasteiger partial charge in [0.05, 0.1) is 18.8 Å². The summed E-state index contributed by atoms with van der Waals surface area (Å²) in [5, 5.41) is 19.1. The molecule has 110 valence electrons. The molecule has 0 radical (unpaired) electrons. The minimum atomic E-state index is -0.750. The molecule has 1 aliphatic carbocycles. The number of carbonyl (C=O) groups excluding carboxylic acids is 1. The maximum atomic E-state index is 11.9. The van der Waals surface area contributed by atoms with Gasteiger partial charge in [0, 0.05) is 5.57 Å². The van der Waals surface area contributed by atoms with Crippen LogP contribution in [0.4, 0.5) is 0 Å². The number of ether oxygens (including phenoxy) is 2. The minimum absolute atomic E-state index is 0.250. The fourth-order valence-corrected chi connectivity index (χ4v) is 1.29. The molecule has 0 bridgehead atoms. The van der Waals surface area contributed by atoms with Gasteiger partial charge in [-0.3, -0.25) is 0 Å². The molecule has 0 amide bonds. The molecule has 1 aliphatic rings. The van der Waals surface area contributed by atoms with Gasteiger partial charge < -0.3 is 14.6 Å². The lowest BCUT2D eigenvalue weighted by Gasteiger charge is -2.19. The Labute approximate surface area is 123 Å². The van der Waals surface area contributed by atoms with Gasteiger partial charge in [0.15, 0.2) is 0 Å². The van der Waals surface area contributed by atoms with Crippen LogP contribution in [0.15, 0.2) is 58.2 Å². The van der Waals surface area contributed by atoms with Crippen LogP contribution in [0.5, 0.6) is 0 Å². The second-order valence-corrected chi connectivity index (χ2v) is 4.16. The molecule has 21 heavy (non-hydrogen) atoms. The number of hydrogen-bond acceptors (Lipinski definition) is 6. The van der Waals surface area contributed by atoms with E-state index in [9.17, 15) is 9.90 Å². The number of rotatable bonds is 6. The van der Waals surface area contributed by atoms with Crippen LogP contribution in [0.2, 0.25) is 0 Å². The first-order chi connectivity index (χ1) is 10.0. The smallest absolute Gasteiger partial charge is 0.612 e. The van der Waals surface area contributed by atoms with Crippen LogP contribution in [0.3, 0.4) is 0 Å². The van der Waals surface area contributed by atoms with Crippen molar-refractivity contribution in [2.45, 2.75) is 13.3 Å². The van der Waals surface area contributed by atoms with E-state index >= 15 is 0 Å². The van der Waals surface area contributed by atoms with E-state index in [0.29, 0.717) is 6.42 Å². The van der Waals surface area contributed by atoms with Gasteiger partial charge in [-0.05, 0) is 26.0 Å². The zero-order valence-corrected chi connectivity index (χ0v) is 12.0. The molecular formula is C15H16N2O4. The minimum Gasteiger partial charge on any atom is -0.612 e. The van der Waals surface area contributed by atoms with Crippen molar-refractivity contribution in [3.05, 3.63) is 48.0 Å². The van der Waals surface area contributed by atoms with Crippen molar-refractivity contribution >= 4 is 17.9 Å². The Kier molecular flexibility index (Phi) is 6.57. The van der Waals surface area contributed by atoms with E-state index in [0.717, 1.165) is 5.57 Å². The second-order valence-electron chi connectivity index (χ2n) is 4.16. The molecule has 0 saturated heterocycles. The maximum absolute atomic E-state index is 11.9. The molecule has 6 nitrogen and oxygen atoms in total. The van der Waals surface area contributed by atoms with E-state index in [1.165, 1.54) is 7.11 Å².